The highest BCUT2D eigenvalue weighted by atomic mass is 79.9. The van der Waals surface area contributed by atoms with Crippen LogP contribution in [0, 0.1) is 0 Å². The Morgan fingerprint density at radius 1 is 1.47 bits per heavy atom. The first-order chi connectivity index (χ1) is 8.78. The molecule has 8 heteroatoms. The van der Waals surface area contributed by atoms with E-state index in [2.05, 4.69) is 15.9 Å². The van der Waals surface area contributed by atoms with Crippen LogP contribution in [0.15, 0.2) is 27.6 Å². The molecule has 0 aliphatic heterocycles. The predicted molar refractivity (Wildman–Crippen MR) is 75.8 cm³/mol. The van der Waals surface area contributed by atoms with Crippen molar-refractivity contribution in [2.24, 2.45) is 0 Å². The number of carbonyl (C=O) groups is 1. The SMILES string of the molecule is CCCN(CC(=O)O)S(=O)(=O)c1ccc(Cl)c(Br)c1. The number of halogens is 2. The lowest BCUT2D eigenvalue weighted by Crippen LogP contribution is -2.36. The van der Waals surface area contributed by atoms with Gasteiger partial charge in [-0.2, -0.15) is 4.31 Å². The molecule has 0 aromatic heterocycles. The van der Waals surface area contributed by atoms with Gasteiger partial charge in [0.15, 0.2) is 0 Å². The summed E-state index contributed by atoms with van der Waals surface area (Å²) in [5.41, 5.74) is 0. The van der Waals surface area contributed by atoms with Gasteiger partial charge in [-0.25, -0.2) is 8.42 Å². The Labute approximate surface area is 125 Å². The third-order valence-corrected chi connectivity index (χ3v) is 5.37. The number of sulfonamides is 1. The Bertz CT molecular complexity index is 576. The van der Waals surface area contributed by atoms with Crippen LogP contribution in [0.3, 0.4) is 0 Å². The molecule has 0 fully saturated rings. The van der Waals surface area contributed by atoms with Crippen molar-refractivity contribution in [3.63, 3.8) is 0 Å². The maximum atomic E-state index is 12.3. The zero-order chi connectivity index (χ0) is 14.6. The summed E-state index contributed by atoms with van der Waals surface area (Å²) in [7, 11) is -3.83. The van der Waals surface area contributed by atoms with Gasteiger partial charge in [0.1, 0.15) is 6.54 Å². The number of carboxylic acids is 1. The van der Waals surface area contributed by atoms with Crippen LogP contribution in [0.5, 0.6) is 0 Å². The Balaban J connectivity index is 3.18. The molecule has 19 heavy (non-hydrogen) atoms. The van der Waals surface area contributed by atoms with Gasteiger partial charge in [-0.15, -0.1) is 0 Å². The first-order valence-corrected chi connectivity index (χ1v) is 8.07. The number of nitrogens with zero attached hydrogens (tertiary/aromatic N) is 1. The Morgan fingerprint density at radius 2 is 2.11 bits per heavy atom. The molecule has 0 bridgehead atoms. The average molecular weight is 371 g/mol. The van der Waals surface area contributed by atoms with Gasteiger partial charge in [-0.05, 0) is 40.5 Å². The standard InChI is InChI=1S/C11H13BrClNO4S/c1-2-5-14(7-11(15)16)19(17,18)8-3-4-10(13)9(12)6-8/h3-4,6H,2,5,7H2,1H3,(H,15,16). The van der Waals surface area contributed by atoms with Crippen LogP contribution in [-0.4, -0.2) is 36.9 Å². The molecule has 1 N–H and O–H groups in total. The topological polar surface area (TPSA) is 74.7 Å². The van der Waals surface area contributed by atoms with Crippen LogP contribution in [0.1, 0.15) is 13.3 Å². The summed E-state index contributed by atoms with van der Waals surface area (Å²) in [6.45, 7) is 1.37. The summed E-state index contributed by atoms with van der Waals surface area (Å²) in [5, 5.41) is 9.17. The van der Waals surface area contributed by atoms with E-state index in [9.17, 15) is 13.2 Å². The highest BCUT2D eigenvalue weighted by Crippen LogP contribution is 2.27. The van der Waals surface area contributed by atoms with Crippen LogP contribution in [0.2, 0.25) is 5.02 Å². The van der Waals surface area contributed by atoms with Gasteiger partial charge >= 0.3 is 5.97 Å². The van der Waals surface area contributed by atoms with Crippen LogP contribution in [0.4, 0.5) is 0 Å². The van der Waals surface area contributed by atoms with Gasteiger partial charge in [0, 0.05) is 11.0 Å². The summed E-state index contributed by atoms with van der Waals surface area (Å²) in [6, 6.07) is 4.17. The molecule has 1 rings (SSSR count). The molecular weight excluding hydrogens is 358 g/mol. The normalized spacial score (nSPS) is 11.8. The van der Waals surface area contributed by atoms with E-state index in [0.717, 1.165) is 4.31 Å². The molecule has 0 saturated carbocycles. The van der Waals surface area contributed by atoms with Crippen molar-refractivity contribution in [3.05, 3.63) is 27.7 Å². The predicted octanol–water partition coefficient (Wildman–Crippen LogP) is 2.59. The summed E-state index contributed by atoms with van der Waals surface area (Å²) < 4.78 is 26.0. The number of hydrogen-bond donors (Lipinski definition) is 1. The summed E-state index contributed by atoms with van der Waals surface area (Å²) in [6.07, 6.45) is 0.529. The Hall–Kier alpha value is -0.630. The van der Waals surface area contributed by atoms with Crippen LogP contribution >= 0.6 is 27.5 Å². The Morgan fingerprint density at radius 3 is 2.58 bits per heavy atom. The average Bonchev–Trinajstić information content (AvgIpc) is 2.31. The molecule has 0 spiro atoms. The van der Waals surface area contributed by atoms with E-state index < -0.39 is 22.5 Å². The molecule has 0 atom stereocenters. The van der Waals surface area contributed by atoms with Crippen LogP contribution in [0.25, 0.3) is 0 Å². The fourth-order valence-electron chi connectivity index (χ4n) is 1.47. The lowest BCUT2D eigenvalue weighted by Gasteiger charge is -2.19. The lowest BCUT2D eigenvalue weighted by atomic mass is 10.4. The number of rotatable bonds is 6. The molecule has 1 aromatic carbocycles. The zero-order valence-electron chi connectivity index (χ0n) is 10.1. The molecule has 1 aromatic rings. The first kappa shape index (κ1) is 16.4. The van der Waals surface area contributed by atoms with Crippen molar-refractivity contribution in [2.75, 3.05) is 13.1 Å². The molecule has 0 unspecified atom stereocenters. The van der Waals surface area contributed by atoms with Crippen LogP contribution in [-0.2, 0) is 14.8 Å². The second kappa shape index (κ2) is 6.69. The second-order valence-corrected chi connectivity index (χ2v) is 7.01. The third-order valence-electron chi connectivity index (χ3n) is 2.31. The highest BCUT2D eigenvalue weighted by Gasteiger charge is 2.26. The van der Waals surface area contributed by atoms with Crippen molar-refractivity contribution in [3.8, 4) is 0 Å². The van der Waals surface area contributed by atoms with E-state index in [1.54, 1.807) is 6.92 Å². The fourth-order valence-corrected chi connectivity index (χ4v) is 3.63. The minimum atomic E-state index is -3.83. The van der Waals surface area contributed by atoms with Crippen molar-refractivity contribution in [1.82, 2.24) is 4.31 Å². The molecule has 0 radical (unpaired) electrons. The molecule has 0 aliphatic carbocycles. The van der Waals surface area contributed by atoms with Gasteiger partial charge in [0.2, 0.25) is 10.0 Å². The van der Waals surface area contributed by atoms with E-state index in [4.69, 9.17) is 16.7 Å². The van der Waals surface area contributed by atoms with Crippen molar-refractivity contribution in [1.29, 1.82) is 0 Å². The smallest absolute Gasteiger partial charge is 0.318 e. The van der Waals surface area contributed by atoms with Crippen LogP contribution < -0.4 is 0 Å². The summed E-state index contributed by atoms with van der Waals surface area (Å²) in [4.78, 5) is 10.8. The van der Waals surface area contributed by atoms with Gasteiger partial charge in [-0.1, -0.05) is 18.5 Å². The summed E-state index contributed by atoms with van der Waals surface area (Å²) in [5.74, 6) is -1.19. The Kier molecular flexibility index (Phi) is 5.79. The minimum absolute atomic E-state index is 0.0125. The van der Waals surface area contributed by atoms with E-state index in [-0.39, 0.29) is 11.4 Å². The van der Waals surface area contributed by atoms with Gasteiger partial charge in [-0.3, -0.25) is 4.79 Å². The van der Waals surface area contributed by atoms with E-state index in [1.807, 2.05) is 0 Å². The van der Waals surface area contributed by atoms with Crippen molar-refractivity contribution in [2.45, 2.75) is 18.2 Å². The maximum absolute atomic E-state index is 12.3. The fraction of sp³-hybridized carbons (Fsp3) is 0.364. The number of aliphatic carboxylic acids is 1. The van der Waals surface area contributed by atoms with Crippen molar-refractivity contribution < 1.29 is 18.3 Å². The zero-order valence-corrected chi connectivity index (χ0v) is 13.3. The molecule has 0 aliphatic rings. The third kappa shape index (κ3) is 4.17. The first-order valence-electron chi connectivity index (χ1n) is 5.46. The number of carboxylic acid groups (broad SMARTS) is 1. The quantitative estimate of drug-likeness (QED) is 0.835. The van der Waals surface area contributed by atoms with E-state index >= 15 is 0 Å². The van der Waals surface area contributed by atoms with E-state index in [1.165, 1.54) is 18.2 Å². The number of hydrogen-bond acceptors (Lipinski definition) is 3. The number of benzene rings is 1. The van der Waals surface area contributed by atoms with Gasteiger partial charge in [0.05, 0.1) is 9.92 Å². The highest BCUT2D eigenvalue weighted by molar-refractivity contribution is 9.10. The largest absolute Gasteiger partial charge is 0.480 e. The monoisotopic (exact) mass is 369 g/mol. The molecular formula is C11H13BrClNO4S. The summed E-state index contributed by atoms with van der Waals surface area (Å²) >= 11 is 8.95. The maximum Gasteiger partial charge on any atom is 0.318 e. The second-order valence-electron chi connectivity index (χ2n) is 3.81. The van der Waals surface area contributed by atoms with Gasteiger partial charge in [0.25, 0.3) is 0 Å². The molecule has 106 valence electrons. The van der Waals surface area contributed by atoms with Crippen molar-refractivity contribution >= 4 is 43.5 Å². The molecule has 0 heterocycles. The minimum Gasteiger partial charge on any atom is -0.480 e. The molecule has 5 nitrogen and oxygen atoms in total. The lowest BCUT2D eigenvalue weighted by molar-refractivity contribution is -0.137. The van der Waals surface area contributed by atoms with E-state index in [0.29, 0.717) is 15.9 Å². The molecule has 0 amide bonds. The van der Waals surface area contributed by atoms with Gasteiger partial charge < -0.3 is 5.11 Å². The molecule has 0 saturated heterocycles.